The predicted molar refractivity (Wildman–Crippen MR) is 83.7 cm³/mol. The Labute approximate surface area is 125 Å². The van der Waals surface area contributed by atoms with Crippen molar-refractivity contribution in [3.8, 4) is 0 Å². The van der Waals surface area contributed by atoms with Crippen LogP contribution in [0.3, 0.4) is 0 Å². The van der Waals surface area contributed by atoms with Crippen LogP contribution in [-0.2, 0) is 0 Å². The minimum absolute atomic E-state index is 0.796. The average molecular weight is 407 g/mol. The molecule has 0 aromatic heterocycles. The van der Waals surface area contributed by atoms with E-state index in [1.165, 1.54) is 52.8 Å². The molecular weight excluding hydrogens is 391 g/mol. The number of nitrogens with zero attached hydrogens (tertiary/aromatic N) is 2. The summed E-state index contributed by atoms with van der Waals surface area (Å²) >= 11 is 5.96. The minimum Gasteiger partial charge on any atom is -0.369 e. The maximum atomic E-state index is 3.56. The summed E-state index contributed by atoms with van der Waals surface area (Å²) in [6, 6.07) is 7.48. The van der Waals surface area contributed by atoms with Gasteiger partial charge in [0.15, 0.2) is 0 Å². The van der Waals surface area contributed by atoms with Gasteiger partial charge in [-0.15, -0.1) is 0 Å². The van der Waals surface area contributed by atoms with E-state index in [4.69, 9.17) is 0 Å². The standard InChI is InChI=1S/C13H16BrIN2/c14-12-4-3-10(8-13(12)15)17-7-6-16-5-1-2-11(16)9-17/h3-4,8,11H,1-2,5-7,9H2. The molecule has 2 heterocycles. The van der Waals surface area contributed by atoms with Crippen molar-refractivity contribution in [2.24, 2.45) is 0 Å². The van der Waals surface area contributed by atoms with Crippen molar-refractivity contribution in [2.75, 3.05) is 31.1 Å². The molecule has 0 amide bonds. The molecule has 0 spiro atoms. The van der Waals surface area contributed by atoms with Crippen LogP contribution in [0.2, 0.25) is 0 Å². The Balaban J connectivity index is 1.78. The predicted octanol–water partition coefficient (Wildman–Crippen LogP) is 3.34. The largest absolute Gasteiger partial charge is 0.369 e. The Hall–Kier alpha value is 0.190. The number of fused-ring (bicyclic) bond motifs is 1. The average Bonchev–Trinajstić information content (AvgIpc) is 2.79. The molecule has 0 radical (unpaired) electrons. The van der Waals surface area contributed by atoms with E-state index in [1.54, 1.807) is 0 Å². The summed E-state index contributed by atoms with van der Waals surface area (Å²) in [5.74, 6) is 0. The third-order valence-corrected chi connectivity index (χ3v) is 6.18. The first-order valence-electron chi connectivity index (χ1n) is 6.18. The Morgan fingerprint density at radius 2 is 2.12 bits per heavy atom. The van der Waals surface area contributed by atoms with Gasteiger partial charge in [-0.3, -0.25) is 4.90 Å². The van der Waals surface area contributed by atoms with Gasteiger partial charge < -0.3 is 4.90 Å². The summed E-state index contributed by atoms with van der Waals surface area (Å²) in [7, 11) is 0. The molecule has 0 bridgehead atoms. The molecule has 2 nitrogen and oxygen atoms in total. The van der Waals surface area contributed by atoms with Crippen molar-refractivity contribution in [2.45, 2.75) is 18.9 Å². The minimum atomic E-state index is 0.796. The lowest BCUT2D eigenvalue weighted by Gasteiger charge is -2.38. The van der Waals surface area contributed by atoms with Crippen molar-refractivity contribution >= 4 is 44.2 Å². The van der Waals surface area contributed by atoms with Gasteiger partial charge >= 0.3 is 0 Å². The highest BCUT2D eigenvalue weighted by atomic mass is 127. The molecule has 17 heavy (non-hydrogen) atoms. The van der Waals surface area contributed by atoms with Crippen molar-refractivity contribution in [1.82, 2.24) is 4.90 Å². The fourth-order valence-electron chi connectivity index (χ4n) is 2.91. The molecule has 0 saturated carbocycles. The van der Waals surface area contributed by atoms with E-state index >= 15 is 0 Å². The number of halogens is 2. The van der Waals surface area contributed by atoms with Crippen LogP contribution in [0.5, 0.6) is 0 Å². The van der Waals surface area contributed by atoms with Gasteiger partial charge in [0.2, 0.25) is 0 Å². The van der Waals surface area contributed by atoms with E-state index in [0.717, 1.165) is 6.04 Å². The third-order valence-electron chi connectivity index (χ3n) is 3.86. The molecule has 0 N–H and O–H groups in total. The van der Waals surface area contributed by atoms with Crippen LogP contribution in [0, 0.1) is 3.57 Å². The molecule has 2 aliphatic rings. The molecule has 92 valence electrons. The van der Waals surface area contributed by atoms with Crippen molar-refractivity contribution in [3.05, 3.63) is 26.2 Å². The molecule has 1 aromatic carbocycles. The number of hydrogen-bond acceptors (Lipinski definition) is 2. The van der Waals surface area contributed by atoms with Gasteiger partial charge in [0, 0.05) is 39.4 Å². The van der Waals surface area contributed by atoms with Crippen LogP contribution >= 0.6 is 38.5 Å². The molecule has 2 aliphatic heterocycles. The van der Waals surface area contributed by atoms with Gasteiger partial charge in [0.25, 0.3) is 0 Å². The van der Waals surface area contributed by atoms with Crippen molar-refractivity contribution < 1.29 is 0 Å². The zero-order valence-corrected chi connectivity index (χ0v) is 13.4. The fraction of sp³-hybridized carbons (Fsp3) is 0.538. The second-order valence-electron chi connectivity index (χ2n) is 4.88. The number of benzene rings is 1. The molecule has 2 saturated heterocycles. The van der Waals surface area contributed by atoms with Gasteiger partial charge in [-0.1, -0.05) is 0 Å². The number of anilines is 1. The van der Waals surface area contributed by atoms with Gasteiger partial charge in [0.1, 0.15) is 0 Å². The lowest BCUT2D eigenvalue weighted by molar-refractivity contribution is 0.231. The maximum Gasteiger partial charge on any atom is 0.0378 e. The summed E-state index contributed by atoms with van der Waals surface area (Å²) in [5.41, 5.74) is 1.38. The normalized spacial score (nSPS) is 25.1. The molecule has 1 unspecified atom stereocenters. The smallest absolute Gasteiger partial charge is 0.0378 e. The lowest BCUT2D eigenvalue weighted by Crippen LogP contribution is -2.50. The molecule has 3 rings (SSSR count). The van der Waals surface area contributed by atoms with Gasteiger partial charge in [-0.05, 0) is 76.1 Å². The highest BCUT2D eigenvalue weighted by Gasteiger charge is 2.30. The molecule has 1 atom stereocenters. The van der Waals surface area contributed by atoms with Crippen molar-refractivity contribution in [3.63, 3.8) is 0 Å². The van der Waals surface area contributed by atoms with E-state index < -0.39 is 0 Å². The van der Waals surface area contributed by atoms with Gasteiger partial charge in [-0.25, -0.2) is 0 Å². The van der Waals surface area contributed by atoms with Gasteiger partial charge in [0.05, 0.1) is 0 Å². The second kappa shape index (κ2) is 5.05. The Morgan fingerprint density at radius 1 is 1.24 bits per heavy atom. The first-order chi connectivity index (χ1) is 8.24. The first kappa shape index (κ1) is 12.2. The highest BCUT2D eigenvalue weighted by Crippen LogP contribution is 2.28. The summed E-state index contributed by atoms with van der Waals surface area (Å²) in [6.45, 7) is 4.93. The summed E-state index contributed by atoms with van der Waals surface area (Å²) in [4.78, 5) is 5.20. The van der Waals surface area contributed by atoms with Crippen LogP contribution in [0.1, 0.15) is 12.8 Å². The Morgan fingerprint density at radius 3 is 2.94 bits per heavy atom. The molecular formula is C13H16BrIN2. The summed E-state index contributed by atoms with van der Waals surface area (Å²) < 4.78 is 2.50. The van der Waals surface area contributed by atoms with Crippen LogP contribution in [0.4, 0.5) is 5.69 Å². The van der Waals surface area contributed by atoms with Crippen LogP contribution < -0.4 is 4.90 Å². The lowest BCUT2D eigenvalue weighted by atomic mass is 10.1. The third kappa shape index (κ3) is 2.49. The Bertz CT molecular complexity index is 424. The van der Waals surface area contributed by atoms with Gasteiger partial charge in [-0.2, -0.15) is 0 Å². The molecule has 2 fully saturated rings. The quantitative estimate of drug-likeness (QED) is 0.660. The first-order valence-corrected chi connectivity index (χ1v) is 8.05. The maximum absolute atomic E-state index is 3.56. The second-order valence-corrected chi connectivity index (χ2v) is 6.89. The van der Waals surface area contributed by atoms with E-state index in [1.807, 2.05) is 0 Å². The molecule has 4 heteroatoms. The van der Waals surface area contributed by atoms with E-state index in [9.17, 15) is 0 Å². The topological polar surface area (TPSA) is 6.48 Å². The zero-order chi connectivity index (χ0) is 11.8. The number of hydrogen-bond donors (Lipinski definition) is 0. The van der Waals surface area contributed by atoms with E-state index in [0.29, 0.717) is 0 Å². The molecule has 1 aromatic rings. The fourth-order valence-corrected chi connectivity index (χ4v) is 3.65. The summed E-state index contributed by atoms with van der Waals surface area (Å²) in [5, 5.41) is 0. The van der Waals surface area contributed by atoms with E-state index in [2.05, 4.69) is 66.5 Å². The van der Waals surface area contributed by atoms with Crippen LogP contribution in [0.15, 0.2) is 22.7 Å². The van der Waals surface area contributed by atoms with Crippen molar-refractivity contribution in [1.29, 1.82) is 0 Å². The zero-order valence-electron chi connectivity index (χ0n) is 9.70. The van der Waals surface area contributed by atoms with Crippen LogP contribution in [0.25, 0.3) is 0 Å². The van der Waals surface area contributed by atoms with Crippen LogP contribution in [-0.4, -0.2) is 37.1 Å². The summed E-state index contributed by atoms with van der Waals surface area (Å²) in [6.07, 6.45) is 2.76. The number of piperazine rings is 1. The monoisotopic (exact) mass is 406 g/mol. The Kier molecular flexibility index (Phi) is 3.64. The number of rotatable bonds is 1. The highest BCUT2D eigenvalue weighted by molar-refractivity contribution is 14.1. The molecule has 0 aliphatic carbocycles. The van der Waals surface area contributed by atoms with E-state index in [-0.39, 0.29) is 0 Å². The SMILES string of the molecule is Brc1ccc(N2CCN3CCCC3C2)cc1I.